The molecule has 1 heterocycles. The van der Waals surface area contributed by atoms with Crippen LogP contribution in [0.2, 0.25) is 0 Å². The van der Waals surface area contributed by atoms with Crippen molar-refractivity contribution >= 4 is 17.4 Å². The standard InChI is InChI=1S/C10H9FN2S/c1-13-8(5-12)6-14-10-4-7(11)2-3-9(10)13/h2-4,8H,6H2,1H3. The monoisotopic (exact) mass is 208 g/mol. The van der Waals surface area contributed by atoms with Crippen molar-refractivity contribution in [2.24, 2.45) is 0 Å². The molecule has 0 radical (unpaired) electrons. The molecule has 0 saturated heterocycles. The van der Waals surface area contributed by atoms with Gasteiger partial charge in [0, 0.05) is 17.7 Å². The Balaban J connectivity index is 2.42. The zero-order chi connectivity index (χ0) is 10.1. The summed E-state index contributed by atoms with van der Waals surface area (Å²) >= 11 is 1.54. The first-order valence-electron chi connectivity index (χ1n) is 4.27. The van der Waals surface area contributed by atoms with Crippen LogP contribution in [0.1, 0.15) is 0 Å². The smallest absolute Gasteiger partial charge is 0.126 e. The molecule has 72 valence electrons. The molecular formula is C10H9FN2S. The summed E-state index contributed by atoms with van der Waals surface area (Å²) in [6, 6.07) is 6.78. The first-order valence-corrected chi connectivity index (χ1v) is 5.25. The van der Waals surface area contributed by atoms with Gasteiger partial charge in [0.1, 0.15) is 11.9 Å². The lowest BCUT2D eigenvalue weighted by Crippen LogP contribution is -2.35. The van der Waals surface area contributed by atoms with Crippen LogP contribution in [0.5, 0.6) is 0 Å². The van der Waals surface area contributed by atoms with Gasteiger partial charge in [0.05, 0.1) is 11.8 Å². The van der Waals surface area contributed by atoms with Gasteiger partial charge in [-0.25, -0.2) is 4.39 Å². The lowest BCUT2D eigenvalue weighted by atomic mass is 10.2. The van der Waals surface area contributed by atoms with Gasteiger partial charge in [-0.2, -0.15) is 5.26 Å². The molecule has 0 bridgehead atoms. The average molecular weight is 208 g/mol. The van der Waals surface area contributed by atoms with Crippen molar-refractivity contribution in [2.45, 2.75) is 10.9 Å². The van der Waals surface area contributed by atoms with Crippen molar-refractivity contribution in [3.8, 4) is 6.07 Å². The van der Waals surface area contributed by atoms with Crippen LogP contribution < -0.4 is 4.90 Å². The zero-order valence-electron chi connectivity index (χ0n) is 7.70. The third-order valence-corrected chi connectivity index (χ3v) is 3.44. The summed E-state index contributed by atoms with van der Waals surface area (Å²) in [5.74, 6) is 0.476. The number of fused-ring (bicyclic) bond motifs is 1. The van der Waals surface area contributed by atoms with E-state index in [4.69, 9.17) is 5.26 Å². The quantitative estimate of drug-likeness (QED) is 0.654. The molecule has 1 aromatic rings. The number of halogens is 1. The molecule has 0 N–H and O–H groups in total. The minimum atomic E-state index is -0.222. The summed E-state index contributed by atoms with van der Waals surface area (Å²) in [7, 11) is 1.87. The van der Waals surface area contributed by atoms with Gasteiger partial charge in [0.25, 0.3) is 0 Å². The van der Waals surface area contributed by atoms with Crippen molar-refractivity contribution in [1.82, 2.24) is 0 Å². The Kier molecular flexibility index (Phi) is 2.34. The fourth-order valence-corrected chi connectivity index (χ4v) is 2.66. The molecule has 0 fully saturated rings. The van der Waals surface area contributed by atoms with Gasteiger partial charge < -0.3 is 4.90 Å². The minimum Gasteiger partial charge on any atom is -0.357 e. The molecule has 0 aromatic heterocycles. The van der Waals surface area contributed by atoms with Crippen LogP contribution in [0.15, 0.2) is 23.1 Å². The third kappa shape index (κ3) is 1.44. The molecule has 0 aliphatic carbocycles. The Bertz CT molecular complexity index is 400. The molecule has 2 nitrogen and oxygen atoms in total. The molecule has 1 aliphatic heterocycles. The lowest BCUT2D eigenvalue weighted by Gasteiger charge is -2.31. The van der Waals surface area contributed by atoms with E-state index in [0.717, 1.165) is 10.6 Å². The molecule has 1 unspecified atom stereocenters. The van der Waals surface area contributed by atoms with Gasteiger partial charge in [0.15, 0.2) is 0 Å². The number of rotatable bonds is 0. The topological polar surface area (TPSA) is 27.0 Å². The number of anilines is 1. The minimum absolute atomic E-state index is 0.113. The summed E-state index contributed by atoms with van der Waals surface area (Å²) in [4.78, 5) is 2.81. The van der Waals surface area contributed by atoms with E-state index in [9.17, 15) is 4.39 Å². The second-order valence-electron chi connectivity index (χ2n) is 3.18. The summed E-state index contributed by atoms with van der Waals surface area (Å²) < 4.78 is 12.9. The summed E-state index contributed by atoms with van der Waals surface area (Å²) in [5, 5.41) is 8.86. The van der Waals surface area contributed by atoms with Gasteiger partial charge in [-0.15, -0.1) is 11.8 Å². The Morgan fingerprint density at radius 1 is 1.64 bits per heavy atom. The molecule has 14 heavy (non-hydrogen) atoms. The molecule has 1 aliphatic rings. The largest absolute Gasteiger partial charge is 0.357 e. The van der Waals surface area contributed by atoms with Crippen molar-refractivity contribution < 1.29 is 4.39 Å². The molecule has 4 heteroatoms. The molecule has 0 amide bonds. The summed E-state index contributed by atoms with van der Waals surface area (Å²) in [6.07, 6.45) is 0. The van der Waals surface area contributed by atoms with E-state index in [2.05, 4.69) is 6.07 Å². The Morgan fingerprint density at radius 3 is 3.14 bits per heavy atom. The van der Waals surface area contributed by atoms with Crippen LogP contribution in [0, 0.1) is 17.1 Å². The number of benzene rings is 1. The Morgan fingerprint density at radius 2 is 2.43 bits per heavy atom. The number of hydrogen-bond donors (Lipinski definition) is 0. The normalized spacial score (nSPS) is 20.1. The van der Waals surface area contributed by atoms with Crippen molar-refractivity contribution in [3.05, 3.63) is 24.0 Å². The van der Waals surface area contributed by atoms with Crippen LogP contribution in [0.3, 0.4) is 0 Å². The van der Waals surface area contributed by atoms with Gasteiger partial charge in [-0.05, 0) is 18.2 Å². The van der Waals surface area contributed by atoms with Crippen LogP contribution in [0.4, 0.5) is 10.1 Å². The summed E-state index contributed by atoms with van der Waals surface area (Å²) in [6.45, 7) is 0. The van der Waals surface area contributed by atoms with Gasteiger partial charge in [0.2, 0.25) is 0 Å². The lowest BCUT2D eigenvalue weighted by molar-refractivity contribution is 0.623. The van der Waals surface area contributed by atoms with Crippen molar-refractivity contribution in [3.63, 3.8) is 0 Å². The van der Waals surface area contributed by atoms with Crippen LogP contribution in [0.25, 0.3) is 0 Å². The van der Waals surface area contributed by atoms with Crippen molar-refractivity contribution in [1.29, 1.82) is 5.26 Å². The second kappa shape index (κ2) is 3.50. The molecule has 1 aromatic carbocycles. The molecule has 0 spiro atoms. The maximum Gasteiger partial charge on any atom is 0.126 e. The highest BCUT2D eigenvalue weighted by Crippen LogP contribution is 2.36. The van der Waals surface area contributed by atoms with Crippen molar-refractivity contribution in [2.75, 3.05) is 17.7 Å². The molecule has 0 saturated carbocycles. The van der Waals surface area contributed by atoms with E-state index in [1.165, 1.54) is 23.9 Å². The predicted octanol–water partition coefficient (Wildman–Crippen LogP) is 2.26. The average Bonchev–Trinajstić information content (AvgIpc) is 2.18. The predicted molar refractivity (Wildman–Crippen MR) is 54.9 cm³/mol. The van der Waals surface area contributed by atoms with Gasteiger partial charge >= 0.3 is 0 Å². The Hall–Kier alpha value is -1.21. The van der Waals surface area contributed by atoms with Gasteiger partial charge in [-0.1, -0.05) is 0 Å². The highest BCUT2D eigenvalue weighted by molar-refractivity contribution is 7.99. The van der Waals surface area contributed by atoms with Crippen LogP contribution in [-0.2, 0) is 0 Å². The first kappa shape index (κ1) is 9.35. The zero-order valence-corrected chi connectivity index (χ0v) is 8.51. The van der Waals surface area contributed by atoms with E-state index >= 15 is 0 Å². The molecule has 2 rings (SSSR count). The fourth-order valence-electron chi connectivity index (χ4n) is 1.47. The Labute approximate surface area is 86.3 Å². The summed E-state index contributed by atoms with van der Waals surface area (Å²) in [5.41, 5.74) is 0.939. The van der Waals surface area contributed by atoms with E-state index in [1.54, 1.807) is 6.07 Å². The van der Waals surface area contributed by atoms with Gasteiger partial charge in [-0.3, -0.25) is 0 Å². The van der Waals surface area contributed by atoms with E-state index < -0.39 is 0 Å². The fraction of sp³-hybridized carbons (Fsp3) is 0.300. The van der Waals surface area contributed by atoms with E-state index in [1.807, 2.05) is 11.9 Å². The van der Waals surface area contributed by atoms with E-state index in [-0.39, 0.29) is 11.9 Å². The highest BCUT2D eigenvalue weighted by atomic mass is 32.2. The maximum atomic E-state index is 12.9. The number of hydrogen-bond acceptors (Lipinski definition) is 3. The molecular weight excluding hydrogens is 199 g/mol. The third-order valence-electron chi connectivity index (χ3n) is 2.32. The van der Waals surface area contributed by atoms with Crippen LogP contribution >= 0.6 is 11.8 Å². The number of nitrogens with zero attached hydrogens (tertiary/aromatic N) is 2. The molecule has 1 atom stereocenters. The first-order chi connectivity index (χ1) is 6.72. The number of thioether (sulfide) groups is 1. The maximum absolute atomic E-state index is 12.9. The van der Waals surface area contributed by atoms with E-state index in [0.29, 0.717) is 5.75 Å². The SMILES string of the molecule is CN1c2ccc(F)cc2SCC1C#N. The number of nitriles is 1. The second-order valence-corrected chi connectivity index (χ2v) is 4.24. The highest BCUT2D eigenvalue weighted by Gasteiger charge is 2.23. The van der Waals surface area contributed by atoms with Crippen LogP contribution in [-0.4, -0.2) is 18.8 Å².